The van der Waals surface area contributed by atoms with E-state index in [1.165, 1.54) is 17.6 Å². The second kappa shape index (κ2) is 7.72. The number of nitrogens with zero attached hydrogens (tertiary/aromatic N) is 5. The number of tetrazole rings is 1. The van der Waals surface area contributed by atoms with Crippen LogP contribution in [0, 0.1) is 5.92 Å². The average Bonchev–Trinajstić information content (AvgIpc) is 3.38. The van der Waals surface area contributed by atoms with Gasteiger partial charge in [0.15, 0.2) is 0 Å². The van der Waals surface area contributed by atoms with Gasteiger partial charge in [0.25, 0.3) is 0 Å². The quantitative estimate of drug-likeness (QED) is 0.836. The number of halogens is 1. The fraction of sp³-hybridized carbons (Fsp3) is 0.556. The Kier molecular flexibility index (Phi) is 5.17. The molecular weight excluding hydrogens is 352 g/mol. The average molecular weight is 375 g/mol. The largest absolute Gasteiger partial charge is 0.341 e. The van der Waals surface area contributed by atoms with Crippen LogP contribution in [0.1, 0.15) is 25.7 Å². The van der Waals surface area contributed by atoms with Crippen molar-refractivity contribution < 1.29 is 4.79 Å². The van der Waals surface area contributed by atoms with E-state index in [0.29, 0.717) is 16.9 Å². The fourth-order valence-corrected chi connectivity index (χ4v) is 3.36. The van der Waals surface area contributed by atoms with Gasteiger partial charge >= 0.3 is 0 Å². The van der Waals surface area contributed by atoms with Crippen LogP contribution >= 0.6 is 11.6 Å². The molecule has 2 aromatic rings. The lowest BCUT2D eigenvalue weighted by molar-refractivity contribution is -0.133. The summed E-state index contributed by atoms with van der Waals surface area (Å²) in [5.41, 5.74) is 0.829. The standard InChI is InChI=1S/C18H23ClN6O/c19-15-5-3-14(4-6-15)18-21-23-25(22-18)12-17(26)24-9-7-16(8-10-24)20-11-13-1-2-13/h3-6,13,16,20H,1-2,7-12H2. The lowest BCUT2D eigenvalue weighted by atomic mass is 10.0. The Balaban J connectivity index is 1.27. The SMILES string of the molecule is O=C(Cn1nnc(-c2ccc(Cl)cc2)n1)N1CCC(NCC2CC2)CC1. The Morgan fingerprint density at radius 1 is 1.15 bits per heavy atom. The van der Waals surface area contributed by atoms with Crippen LogP contribution in [-0.4, -0.2) is 56.7 Å². The number of benzene rings is 1. The maximum absolute atomic E-state index is 12.5. The van der Waals surface area contributed by atoms with Crippen molar-refractivity contribution in [3.05, 3.63) is 29.3 Å². The van der Waals surface area contributed by atoms with E-state index in [1.54, 1.807) is 12.1 Å². The number of piperidine rings is 1. The first-order chi connectivity index (χ1) is 12.7. The first-order valence-corrected chi connectivity index (χ1v) is 9.60. The van der Waals surface area contributed by atoms with Crippen molar-refractivity contribution in [2.75, 3.05) is 19.6 Å². The number of hydrogen-bond donors (Lipinski definition) is 1. The minimum absolute atomic E-state index is 0.0469. The summed E-state index contributed by atoms with van der Waals surface area (Å²) in [7, 11) is 0. The van der Waals surface area contributed by atoms with Crippen molar-refractivity contribution in [2.24, 2.45) is 5.92 Å². The lowest BCUT2D eigenvalue weighted by Crippen LogP contribution is -2.46. The zero-order valence-corrected chi connectivity index (χ0v) is 15.4. The summed E-state index contributed by atoms with van der Waals surface area (Å²) < 4.78 is 0. The van der Waals surface area contributed by atoms with Gasteiger partial charge in [0.2, 0.25) is 11.7 Å². The van der Waals surface area contributed by atoms with Crippen molar-refractivity contribution in [3.8, 4) is 11.4 Å². The summed E-state index contributed by atoms with van der Waals surface area (Å²) in [6.45, 7) is 2.84. The monoisotopic (exact) mass is 374 g/mol. The van der Waals surface area contributed by atoms with E-state index < -0.39 is 0 Å². The normalized spacial score (nSPS) is 18.3. The zero-order valence-electron chi connectivity index (χ0n) is 14.6. The van der Waals surface area contributed by atoms with Crippen molar-refractivity contribution in [2.45, 2.75) is 38.3 Å². The summed E-state index contributed by atoms with van der Waals surface area (Å²) in [6, 6.07) is 7.78. The van der Waals surface area contributed by atoms with Gasteiger partial charge in [0, 0.05) is 29.7 Å². The number of rotatable bonds is 6. The highest BCUT2D eigenvalue weighted by atomic mass is 35.5. The first kappa shape index (κ1) is 17.4. The number of hydrogen-bond acceptors (Lipinski definition) is 5. The first-order valence-electron chi connectivity index (χ1n) is 9.22. The Hall–Kier alpha value is -1.99. The molecule has 4 rings (SSSR count). The van der Waals surface area contributed by atoms with E-state index in [-0.39, 0.29) is 12.5 Å². The van der Waals surface area contributed by atoms with E-state index in [1.807, 2.05) is 17.0 Å². The Morgan fingerprint density at radius 3 is 2.58 bits per heavy atom. The number of likely N-dealkylation sites (tertiary alicyclic amines) is 1. The molecule has 0 spiro atoms. The summed E-state index contributed by atoms with van der Waals surface area (Å²) >= 11 is 5.89. The molecule has 138 valence electrons. The van der Waals surface area contributed by atoms with Crippen molar-refractivity contribution in [1.82, 2.24) is 30.4 Å². The van der Waals surface area contributed by atoms with Crippen LogP contribution in [0.4, 0.5) is 0 Å². The lowest BCUT2D eigenvalue weighted by Gasteiger charge is -2.32. The predicted octanol–water partition coefficient (Wildman–Crippen LogP) is 1.98. The molecule has 1 N–H and O–H groups in total. The number of carbonyl (C=O) groups is 1. The van der Waals surface area contributed by atoms with Crippen LogP contribution < -0.4 is 5.32 Å². The molecule has 0 unspecified atom stereocenters. The molecule has 1 saturated carbocycles. The molecule has 1 aliphatic heterocycles. The van der Waals surface area contributed by atoms with Gasteiger partial charge in [-0.2, -0.15) is 4.80 Å². The van der Waals surface area contributed by atoms with E-state index in [2.05, 4.69) is 20.7 Å². The summed E-state index contributed by atoms with van der Waals surface area (Å²) in [5, 5.41) is 16.6. The molecule has 7 nitrogen and oxygen atoms in total. The van der Waals surface area contributed by atoms with Crippen LogP contribution in [0.25, 0.3) is 11.4 Å². The number of nitrogens with one attached hydrogen (secondary N) is 1. The second-order valence-electron chi connectivity index (χ2n) is 7.16. The smallest absolute Gasteiger partial charge is 0.246 e. The minimum atomic E-state index is 0.0469. The Bertz CT molecular complexity index is 749. The van der Waals surface area contributed by atoms with E-state index in [4.69, 9.17) is 11.6 Å². The van der Waals surface area contributed by atoms with Crippen LogP contribution in [0.2, 0.25) is 5.02 Å². The van der Waals surface area contributed by atoms with Gasteiger partial charge in [-0.1, -0.05) is 11.6 Å². The van der Waals surface area contributed by atoms with Crippen LogP contribution in [0.5, 0.6) is 0 Å². The molecule has 0 radical (unpaired) electrons. The molecule has 26 heavy (non-hydrogen) atoms. The molecular formula is C18H23ClN6O. The maximum Gasteiger partial charge on any atom is 0.246 e. The Morgan fingerprint density at radius 2 is 1.88 bits per heavy atom. The molecule has 0 atom stereocenters. The maximum atomic E-state index is 12.5. The topological polar surface area (TPSA) is 75.9 Å². The molecule has 2 aliphatic rings. The summed E-state index contributed by atoms with van der Waals surface area (Å²) in [4.78, 5) is 15.8. The van der Waals surface area contributed by atoms with Crippen LogP contribution in [-0.2, 0) is 11.3 Å². The zero-order chi connectivity index (χ0) is 17.9. The molecule has 0 bridgehead atoms. The van der Waals surface area contributed by atoms with Gasteiger partial charge < -0.3 is 10.2 Å². The van der Waals surface area contributed by atoms with Gasteiger partial charge in [-0.25, -0.2) is 0 Å². The van der Waals surface area contributed by atoms with E-state index in [0.717, 1.165) is 44.0 Å². The number of amides is 1. The van der Waals surface area contributed by atoms with Gasteiger partial charge in [0.05, 0.1) is 0 Å². The number of carbonyl (C=O) groups excluding carboxylic acids is 1. The third kappa shape index (κ3) is 4.40. The molecule has 2 heterocycles. The minimum Gasteiger partial charge on any atom is -0.341 e. The summed E-state index contributed by atoms with van der Waals surface area (Å²) in [5.74, 6) is 1.44. The summed E-state index contributed by atoms with van der Waals surface area (Å²) in [6.07, 6.45) is 4.76. The van der Waals surface area contributed by atoms with Crippen molar-refractivity contribution in [3.63, 3.8) is 0 Å². The van der Waals surface area contributed by atoms with E-state index >= 15 is 0 Å². The van der Waals surface area contributed by atoms with Crippen LogP contribution in [0.3, 0.4) is 0 Å². The van der Waals surface area contributed by atoms with Crippen LogP contribution in [0.15, 0.2) is 24.3 Å². The van der Waals surface area contributed by atoms with Gasteiger partial charge in [-0.15, -0.1) is 10.2 Å². The molecule has 1 aliphatic carbocycles. The molecule has 1 amide bonds. The fourth-order valence-electron chi connectivity index (χ4n) is 3.23. The van der Waals surface area contributed by atoms with Crippen molar-refractivity contribution >= 4 is 17.5 Å². The second-order valence-corrected chi connectivity index (χ2v) is 7.59. The highest BCUT2D eigenvalue weighted by molar-refractivity contribution is 6.30. The van der Waals surface area contributed by atoms with Crippen molar-refractivity contribution in [1.29, 1.82) is 0 Å². The molecule has 1 aromatic heterocycles. The molecule has 2 fully saturated rings. The number of aromatic nitrogens is 4. The highest BCUT2D eigenvalue weighted by Gasteiger charge is 2.26. The highest BCUT2D eigenvalue weighted by Crippen LogP contribution is 2.28. The predicted molar refractivity (Wildman–Crippen MR) is 98.6 cm³/mol. The molecule has 1 aromatic carbocycles. The Labute approximate surface area is 157 Å². The molecule has 8 heteroatoms. The third-order valence-electron chi connectivity index (χ3n) is 5.07. The van der Waals surface area contributed by atoms with Gasteiger partial charge in [0.1, 0.15) is 6.54 Å². The van der Waals surface area contributed by atoms with Gasteiger partial charge in [-0.3, -0.25) is 4.79 Å². The molecule has 1 saturated heterocycles. The third-order valence-corrected chi connectivity index (χ3v) is 5.32. The van der Waals surface area contributed by atoms with E-state index in [9.17, 15) is 4.79 Å². The van der Waals surface area contributed by atoms with Gasteiger partial charge in [-0.05, 0) is 67.6 Å².